The minimum atomic E-state index is 0.882. The summed E-state index contributed by atoms with van der Waals surface area (Å²) in [6, 6.07) is 10.3. The monoisotopic (exact) mass is 248 g/mol. The van der Waals surface area contributed by atoms with Crippen molar-refractivity contribution in [3.8, 4) is 0 Å². The van der Waals surface area contributed by atoms with E-state index in [4.69, 9.17) is 0 Å². The zero-order valence-electron chi connectivity index (χ0n) is 8.20. The van der Waals surface area contributed by atoms with Crippen molar-refractivity contribution < 1.29 is 0 Å². The van der Waals surface area contributed by atoms with E-state index in [9.17, 15) is 0 Å². The van der Waals surface area contributed by atoms with Crippen LogP contribution in [-0.4, -0.2) is 0 Å². The Hall–Kier alpha value is -1.08. The molecule has 0 amide bonds. The predicted molar refractivity (Wildman–Crippen MR) is 67.3 cm³/mol. The molecule has 1 heteroatoms. The summed E-state index contributed by atoms with van der Waals surface area (Å²) in [6.45, 7) is 5.79. The molecule has 0 atom stereocenters. The van der Waals surface area contributed by atoms with Gasteiger partial charge in [0.05, 0.1) is 0 Å². The third-order valence-electron chi connectivity index (χ3n) is 1.86. The highest BCUT2D eigenvalue weighted by Crippen LogP contribution is 2.16. The Morgan fingerprint density at radius 1 is 1.21 bits per heavy atom. The zero-order valence-corrected chi connectivity index (χ0v) is 9.79. The van der Waals surface area contributed by atoms with Gasteiger partial charge in [-0.2, -0.15) is 0 Å². The fraction of sp³-hybridized carbons (Fsp3) is 0.0769. The van der Waals surface area contributed by atoms with Crippen LogP contribution in [0.15, 0.2) is 59.6 Å². The molecule has 0 spiro atoms. The lowest BCUT2D eigenvalue weighted by atomic mass is 10.1. The molecule has 0 aromatic heterocycles. The molecule has 0 aliphatic carbocycles. The molecule has 0 saturated heterocycles. The summed E-state index contributed by atoms with van der Waals surface area (Å²) in [5.41, 5.74) is 2.42. The molecule has 0 nitrogen and oxygen atoms in total. The molecule has 0 bridgehead atoms. The second kappa shape index (κ2) is 5.61. The van der Waals surface area contributed by atoms with Crippen LogP contribution in [-0.2, 0) is 0 Å². The molecule has 14 heavy (non-hydrogen) atoms. The highest BCUT2D eigenvalue weighted by atomic mass is 79.9. The Morgan fingerprint density at radius 2 is 1.86 bits per heavy atom. The molecule has 0 heterocycles. The van der Waals surface area contributed by atoms with E-state index in [0.29, 0.717) is 0 Å². The Balaban J connectivity index is 2.90. The second-order valence-corrected chi connectivity index (χ2v) is 3.91. The topological polar surface area (TPSA) is 0 Å². The maximum absolute atomic E-state index is 3.76. The van der Waals surface area contributed by atoms with Crippen LogP contribution in [0.5, 0.6) is 0 Å². The molecular formula is C13H13Br. The van der Waals surface area contributed by atoms with Crippen LogP contribution in [0.1, 0.15) is 12.5 Å². The highest BCUT2D eigenvalue weighted by Gasteiger charge is 1.93. The van der Waals surface area contributed by atoms with Crippen molar-refractivity contribution in [2.24, 2.45) is 0 Å². The molecule has 0 radical (unpaired) electrons. The average Bonchev–Trinajstić information content (AvgIpc) is 2.20. The summed E-state index contributed by atoms with van der Waals surface area (Å²) >= 11 is 3.30. The third-order valence-corrected chi connectivity index (χ3v) is 2.13. The molecule has 0 fully saturated rings. The number of rotatable bonds is 3. The summed E-state index contributed by atoms with van der Waals surface area (Å²) in [5.74, 6) is 0. The van der Waals surface area contributed by atoms with Gasteiger partial charge < -0.3 is 0 Å². The van der Waals surface area contributed by atoms with Crippen LogP contribution in [0.4, 0.5) is 0 Å². The van der Waals surface area contributed by atoms with E-state index in [1.165, 1.54) is 11.1 Å². The number of allylic oxidation sites excluding steroid dienone is 5. The largest absolute Gasteiger partial charge is 0.0847 e. The lowest BCUT2D eigenvalue weighted by Gasteiger charge is -2.00. The van der Waals surface area contributed by atoms with Gasteiger partial charge in [-0.3, -0.25) is 0 Å². The highest BCUT2D eigenvalue weighted by molar-refractivity contribution is 9.11. The predicted octanol–water partition coefficient (Wildman–Crippen LogP) is 4.55. The van der Waals surface area contributed by atoms with E-state index in [1.807, 2.05) is 37.3 Å². The van der Waals surface area contributed by atoms with Gasteiger partial charge in [0, 0.05) is 4.48 Å². The van der Waals surface area contributed by atoms with Crippen LogP contribution < -0.4 is 0 Å². The van der Waals surface area contributed by atoms with E-state index >= 15 is 0 Å². The quantitative estimate of drug-likeness (QED) is 0.689. The van der Waals surface area contributed by atoms with E-state index < -0.39 is 0 Å². The fourth-order valence-electron chi connectivity index (χ4n) is 1.17. The first-order valence-electron chi connectivity index (χ1n) is 4.48. The van der Waals surface area contributed by atoms with E-state index in [-0.39, 0.29) is 0 Å². The van der Waals surface area contributed by atoms with Gasteiger partial charge in [-0.25, -0.2) is 0 Å². The molecule has 1 aromatic carbocycles. The van der Waals surface area contributed by atoms with E-state index in [1.54, 1.807) is 0 Å². The van der Waals surface area contributed by atoms with Crippen molar-refractivity contribution in [3.05, 3.63) is 65.2 Å². The molecule has 0 saturated carbocycles. The first kappa shape index (κ1) is 11.0. The van der Waals surface area contributed by atoms with Crippen molar-refractivity contribution in [2.45, 2.75) is 6.92 Å². The number of benzene rings is 1. The summed E-state index contributed by atoms with van der Waals surface area (Å²) in [5, 5.41) is 0. The number of hydrogen-bond acceptors (Lipinski definition) is 0. The van der Waals surface area contributed by atoms with Crippen molar-refractivity contribution in [3.63, 3.8) is 0 Å². The lowest BCUT2D eigenvalue weighted by Crippen LogP contribution is -1.78. The van der Waals surface area contributed by atoms with Gasteiger partial charge in [0.15, 0.2) is 0 Å². The molecule has 0 aliphatic rings. The van der Waals surface area contributed by atoms with Crippen LogP contribution in [0.3, 0.4) is 0 Å². The Labute approximate surface area is 93.8 Å². The first-order valence-corrected chi connectivity index (χ1v) is 5.27. The van der Waals surface area contributed by atoms with Crippen LogP contribution in [0, 0.1) is 0 Å². The van der Waals surface area contributed by atoms with Crippen LogP contribution in [0.2, 0.25) is 0 Å². The number of halogens is 1. The van der Waals surface area contributed by atoms with Crippen LogP contribution in [0.25, 0.3) is 5.57 Å². The first-order chi connectivity index (χ1) is 6.74. The van der Waals surface area contributed by atoms with Crippen molar-refractivity contribution in [2.75, 3.05) is 0 Å². The van der Waals surface area contributed by atoms with Crippen molar-refractivity contribution >= 4 is 21.5 Å². The van der Waals surface area contributed by atoms with Gasteiger partial charge in [-0.1, -0.05) is 65.0 Å². The Morgan fingerprint density at radius 3 is 2.36 bits per heavy atom. The Kier molecular flexibility index (Phi) is 4.41. The molecule has 1 aromatic rings. The normalized spacial score (nSPS) is 12.0. The standard InChI is InChI=1S/C13H13Br/c1-3-12(10-9-11(2)14)13-7-5-4-6-8-13/h3-10H,2H2,1H3/b10-9-,12-3-. The molecule has 72 valence electrons. The molecule has 0 N–H and O–H groups in total. The van der Waals surface area contributed by atoms with Gasteiger partial charge >= 0.3 is 0 Å². The summed E-state index contributed by atoms with van der Waals surface area (Å²) < 4.78 is 0.882. The SMILES string of the molecule is C=C(Br)/C=C\C(=C\C)c1ccccc1. The molecule has 0 unspecified atom stereocenters. The zero-order chi connectivity index (χ0) is 10.4. The Bertz CT molecular complexity index is 358. The smallest absolute Gasteiger partial charge is 0.0103 e. The fourth-order valence-corrected chi connectivity index (χ4v) is 1.30. The average molecular weight is 249 g/mol. The van der Waals surface area contributed by atoms with Gasteiger partial charge in [-0.05, 0) is 24.1 Å². The minimum Gasteiger partial charge on any atom is -0.0847 e. The minimum absolute atomic E-state index is 0.882. The van der Waals surface area contributed by atoms with E-state index in [2.05, 4.69) is 40.7 Å². The summed E-state index contributed by atoms with van der Waals surface area (Å²) in [7, 11) is 0. The number of hydrogen-bond donors (Lipinski definition) is 0. The summed E-state index contributed by atoms with van der Waals surface area (Å²) in [6.07, 6.45) is 6.08. The molecular weight excluding hydrogens is 236 g/mol. The summed E-state index contributed by atoms with van der Waals surface area (Å²) in [4.78, 5) is 0. The van der Waals surface area contributed by atoms with E-state index in [0.717, 1.165) is 4.48 Å². The van der Waals surface area contributed by atoms with Crippen molar-refractivity contribution in [1.82, 2.24) is 0 Å². The van der Waals surface area contributed by atoms with Gasteiger partial charge in [0.2, 0.25) is 0 Å². The molecule has 0 aliphatic heterocycles. The van der Waals surface area contributed by atoms with Crippen molar-refractivity contribution in [1.29, 1.82) is 0 Å². The maximum Gasteiger partial charge on any atom is 0.0103 e. The molecule has 1 rings (SSSR count). The lowest BCUT2D eigenvalue weighted by molar-refractivity contribution is 1.59. The van der Waals surface area contributed by atoms with Gasteiger partial charge in [-0.15, -0.1) is 0 Å². The maximum atomic E-state index is 3.76. The second-order valence-electron chi connectivity index (χ2n) is 2.89. The van der Waals surface area contributed by atoms with Gasteiger partial charge in [0.25, 0.3) is 0 Å². The van der Waals surface area contributed by atoms with Gasteiger partial charge in [0.1, 0.15) is 0 Å². The van der Waals surface area contributed by atoms with Crippen LogP contribution >= 0.6 is 15.9 Å². The third kappa shape index (κ3) is 3.35.